The first-order valence-corrected chi connectivity index (χ1v) is 14.8. The van der Waals surface area contributed by atoms with E-state index in [1.165, 1.54) is 0 Å². The molecule has 0 N–H and O–H groups in total. The van der Waals surface area contributed by atoms with E-state index in [1.54, 1.807) is 71.3 Å². The van der Waals surface area contributed by atoms with Crippen molar-refractivity contribution in [3.8, 4) is 5.75 Å². The molecule has 1 fully saturated rings. The molecule has 0 bridgehead atoms. The molecule has 1 saturated heterocycles. The highest BCUT2D eigenvalue weighted by atomic mass is 35.5. The van der Waals surface area contributed by atoms with Gasteiger partial charge in [0.1, 0.15) is 5.75 Å². The number of benzene rings is 2. The Morgan fingerprint density at radius 3 is 2.71 bits per heavy atom. The summed E-state index contributed by atoms with van der Waals surface area (Å²) >= 11 is 6.16. The molecule has 10 heteroatoms. The van der Waals surface area contributed by atoms with Crippen LogP contribution in [0.2, 0.25) is 5.02 Å². The van der Waals surface area contributed by atoms with Crippen molar-refractivity contribution in [3.63, 3.8) is 0 Å². The summed E-state index contributed by atoms with van der Waals surface area (Å²) in [6.07, 6.45) is 3.30. The summed E-state index contributed by atoms with van der Waals surface area (Å²) in [6, 6.07) is 13.8. The lowest BCUT2D eigenvalue weighted by atomic mass is 10.1. The minimum atomic E-state index is -3.78. The normalized spacial score (nSPS) is 15.7. The molecule has 1 aliphatic rings. The molecule has 0 saturated carbocycles. The summed E-state index contributed by atoms with van der Waals surface area (Å²) < 4.78 is 39.9. The lowest BCUT2D eigenvalue weighted by Gasteiger charge is -2.26. The monoisotopic (exact) mass is 559 g/mol. The van der Waals surface area contributed by atoms with Crippen LogP contribution in [-0.2, 0) is 33.4 Å². The molecule has 1 unspecified atom stereocenters. The molecule has 1 amide bonds. The van der Waals surface area contributed by atoms with Gasteiger partial charge in [0.25, 0.3) is 5.91 Å². The maximum Gasteiger partial charge on any atom is 0.254 e. The Labute approximate surface area is 229 Å². The highest BCUT2D eigenvalue weighted by Gasteiger charge is 2.28. The number of carbonyl (C=O) groups is 1. The second kappa shape index (κ2) is 12.3. The Bertz CT molecular complexity index is 1370. The highest BCUT2D eigenvalue weighted by Crippen LogP contribution is 2.24. The first kappa shape index (κ1) is 28.1. The average Bonchev–Trinajstić information content (AvgIpc) is 3.53. The fourth-order valence-corrected chi connectivity index (χ4v) is 6.30. The Kier molecular flexibility index (Phi) is 9.12. The Balaban J connectivity index is 1.66. The third-order valence-corrected chi connectivity index (χ3v) is 8.21. The van der Waals surface area contributed by atoms with E-state index in [4.69, 9.17) is 21.1 Å². The van der Waals surface area contributed by atoms with Gasteiger partial charge in [-0.25, -0.2) is 13.4 Å². The molecule has 0 aliphatic carbocycles. The number of hydrogen-bond donors (Lipinski definition) is 0. The minimum Gasteiger partial charge on any atom is -0.497 e. The minimum absolute atomic E-state index is 0.00343. The fourth-order valence-electron chi connectivity index (χ4n) is 4.63. The van der Waals surface area contributed by atoms with Crippen molar-refractivity contribution in [2.75, 3.05) is 20.3 Å². The lowest BCUT2D eigenvalue weighted by Crippen LogP contribution is -2.37. The Hall–Kier alpha value is -2.88. The van der Waals surface area contributed by atoms with Crippen LogP contribution in [0.4, 0.5) is 0 Å². The molecule has 204 valence electrons. The fraction of sp³-hybridized carbons (Fsp3) is 0.429. The van der Waals surface area contributed by atoms with E-state index in [0.717, 1.165) is 12.8 Å². The Morgan fingerprint density at radius 1 is 1.24 bits per heavy atom. The average molecular weight is 560 g/mol. The number of nitrogens with zero attached hydrogens (tertiary/aromatic N) is 3. The van der Waals surface area contributed by atoms with E-state index in [9.17, 15) is 13.2 Å². The third-order valence-electron chi connectivity index (χ3n) is 6.38. The number of methoxy groups -OCH3 is 1. The van der Waals surface area contributed by atoms with Gasteiger partial charge in [-0.15, -0.1) is 0 Å². The molecule has 3 aromatic rings. The number of imidazole rings is 1. The number of ether oxygens (including phenoxy) is 2. The largest absolute Gasteiger partial charge is 0.497 e. The van der Waals surface area contributed by atoms with Crippen LogP contribution in [0.3, 0.4) is 0 Å². The van der Waals surface area contributed by atoms with Crippen LogP contribution in [0.25, 0.3) is 0 Å². The zero-order valence-electron chi connectivity index (χ0n) is 22.0. The van der Waals surface area contributed by atoms with Crippen molar-refractivity contribution < 1.29 is 22.7 Å². The summed E-state index contributed by atoms with van der Waals surface area (Å²) in [7, 11) is -2.24. The standard InChI is InChI=1S/C28H34ClN3O5S/c1-20(2)16-32-24(15-30-28(32)38(34,35)19-21-7-4-10-25(13-21)36-3)17-31(18-26-11-6-12-37-26)27(33)22-8-5-9-23(29)14-22/h4-5,7-10,13-15,20,26H,6,11-12,16-19H2,1-3H3. The molecule has 0 radical (unpaired) electrons. The van der Waals surface area contributed by atoms with Crippen molar-refractivity contribution in [2.45, 2.75) is 56.8 Å². The van der Waals surface area contributed by atoms with Gasteiger partial charge in [-0.3, -0.25) is 4.79 Å². The van der Waals surface area contributed by atoms with Crippen LogP contribution in [-0.4, -0.2) is 55.1 Å². The molecule has 0 spiro atoms. The van der Waals surface area contributed by atoms with E-state index in [-0.39, 0.29) is 35.4 Å². The summed E-state index contributed by atoms with van der Waals surface area (Å²) in [5.74, 6) is 0.345. The number of hydrogen-bond acceptors (Lipinski definition) is 6. The van der Waals surface area contributed by atoms with Crippen LogP contribution in [0.1, 0.15) is 48.3 Å². The molecule has 2 heterocycles. The van der Waals surface area contributed by atoms with Crippen LogP contribution < -0.4 is 4.74 Å². The SMILES string of the molecule is COc1cccc(CS(=O)(=O)c2ncc(CN(CC3CCCO3)C(=O)c3cccc(Cl)c3)n2CC(C)C)c1. The molecular formula is C28H34ClN3O5S. The zero-order valence-corrected chi connectivity index (χ0v) is 23.5. The van der Waals surface area contributed by atoms with Crippen LogP contribution in [0.5, 0.6) is 5.75 Å². The van der Waals surface area contributed by atoms with E-state index in [2.05, 4.69) is 4.98 Å². The van der Waals surface area contributed by atoms with Gasteiger partial charge in [-0.1, -0.05) is 43.6 Å². The van der Waals surface area contributed by atoms with Crippen molar-refractivity contribution in [1.82, 2.24) is 14.5 Å². The smallest absolute Gasteiger partial charge is 0.254 e. The molecule has 1 atom stereocenters. The van der Waals surface area contributed by atoms with Crippen molar-refractivity contribution >= 4 is 27.3 Å². The van der Waals surface area contributed by atoms with Gasteiger partial charge in [0.05, 0.1) is 37.4 Å². The number of sulfone groups is 1. The Morgan fingerprint density at radius 2 is 2.03 bits per heavy atom. The number of amides is 1. The molecule has 38 heavy (non-hydrogen) atoms. The van der Waals surface area contributed by atoms with Gasteiger partial charge in [-0.2, -0.15) is 0 Å². The van der Waals surface area contributed by atoms with Crippen LogP contribution >= 0.6 is 11.6 Å². The lowest BCUT2D eigenvalue weighted by molar-refractivity contribution is 0.0501. The van der Waals surface area contributed by atoms with Gasteiger partial charge in [-0.05, 0) is 54.7 Å². The van der Waals surface area contributed by atoms with E-state index < -0.39 is 9.84 Å². The van der Waals surface area contributed by atoms with Gasteiger partial charge in [0, 0.05) is 30.3 Å². The van der Waals surface area contributed by atoms with Gasteiger partial charge >= 0.3 is 0 Å². The first-order valence-electron chi connectivity index (χ1n) is 12.7. The summed E-state index contributed by atoms with van der Waals surface area (Å²) in [4.78, 5) is 19.6. The molecule has 1 aliphatic heterocycles. The topological polar surface area (TPSA) is 90.7 Å². The van der Waals surface area contributed by atoms with E-state index >= 15 is 0 Å². The van der Waals surface area contributed by atoms with Crippen LogP contribution in [0, 0.1) is 5.92 Å². The zero-order chi connectivity index (χ0) is 27.3. The summed E-state index contributed by atoms with van der Waals surface area (Å²) in [5.41, 5.74) is 1.73. The van der Waals surface area contributed by atoms with Gasteiger partial charge in [0.15, 0.2) is 0 Å². The molecule has 2 aromatic carbocycles. The molecule has 1 aromatic heterocycles. The summed E-state index contributed by atoms with van der Waals surface area (Å²) in [5, 5.41) is 0.472. The predicted molar refractivity (Wildman–Crippen MR) is 146 cm³/mol. The van der Waals surface area contributed by atoms with E-state index in [1.807, 2.05) is 13.8 Å². The summed E-state index contributed by atoms with van der Waals surface area (Å²) in [6.45, 7) is 5.74. The number of halogens is 1. The second-order valence-electron chi connectivity index (χ2n) is 9.98. The molecular weight excluding hydrogens is 526 g/mol. The van der Waals surface area contributed by atoms with Gasteiger partial charge in [0.2, 0.25) is 15.0 Å². The number of carbonyl (C=O) groups excluding carboxylic acids is 1. The number of rotatable bonds is 11. The van der Waals surface area contributed by atoms with Crippen molar-refractivity contribution in [2.24, 2.45) is 5.92 Å². The van der Waals surface area contributed by atoms with Gasteiger partial charge < -0.3 is 18.9 Å². The van der Waals surface area contributed by atoms with E-state index in [0.29, 0.717) is 47.3 Å². The highest BCUT2D eigenvalue weighted by molar-refractivity contribution is 7.90. The van der Waals surface area contributed by atoms with Crippen molar-refractivity contribution in [3.05, 3.63) is 76.6 Å². The third kappa shape index (κ3) is 6.95. The maximum atomic E-state index is 13.6. The molecule has 8 nitrogen and oxygen atoms in total. The second-order valence-corrected chi connectivity index (χ2v) is 12.3. The maximum absolute atomic E-state index is 13.6. The van der Waals surface area contributed by atoms with Crippen molar-refractivity contribution in [1.29, 1.82) is 0 Å². The predicted octanol–water partition coefficient (Wildman–Crippen LogP) is 5.00. The quantitative estimate of drug-likeness (QED) is 0.328. The first-order chi connectivity index (χ1) is 18.2. The molecule has 4 rings (SSSR count). The van der Waals surface area contributed by atoms with Crippen LogP contribution in [0.15, 0.2) is 59.9 Å². The number of aromatic nitrogens is 2.